The molecule has 1 fully saturated rings. The summed E-state index contributed by atoms with van der Waals surface area (Å²) in [6.07, 6.45) is 4.41. The molecule has 39 heavy (non-hydrogen) atoms. The molecule has 5 rings (SSSR count). The zero-order valence-electron chi connectivity index (χ0n) is 21.2. The predicted octanol–water partition coefficient (Wildman–Crippen LogP) is 3.91. The Morgan fingerprint density at radius 3 is 2.82 bits per heavy atom. The Morgan fingerprint density at radius 2 is 2.00 bits per heavy atom. The number of nitrogens with two attached hydrogens (primary N) is 1. The van der Waals surface area contributed by atoms with Crippen LogP contribution < -0.4 is 15.2 Å². The Balaban J connectivity index is 1.28. The number of fused-ring (bicyclic) bond motifs is 1. The van der Waals surface area contributed by atoms with E-state index in [1.165, 1.54) is 24.5 Å². The number of aromatic nitrogens is 4. The lowest BCUT2D eigenvalue weighted by molar-refractivity contribution is -0.127. The lowest BCUT2D eigenvalue weighted by Crippen LogP contribution is -2.40. The van der Waals surface area contributed by atoms with E-state index >= 15 is 0 Å². The Labute approximate surface area is 225 Å². The van der Waals surface area contributed by atoms with Crippen LogP contribution in [0.4, 0.5) is 10.2 Å². The molecule has 2 aromatic carbocycles. The number of amides is 1. The molecule has 0 bridgehead atoms. The first kappa shape index (κ1) is 25.7. The third-order valence-corrected chi connectivity index (χ3v) is 6.36. The van der Waals surface area contributed by atoms with Crippen molar-refractivity contribution in [1.82, 2.24) is 24.6 Å². The van der Waals surface area contributed by atoms with Crippen LogP contribution in [0.2, 0.25) is 0 Å². The number of carbonyl (C=O) groups excluding carboxylic acids is 1. The lowest BCUT2D eigenvalue weighted by Gasteiger charge is -2.32. The van der Waals surface area contributed by atoms with Gasteiger partial charge in [-0.05, 0) is 54.7 Å². The smallest absolute Gasteiger partial charge is 0.246 e. The Hall–Kier alpha value is -4.91. The highest BCUT2D eigenvalue weighted by Crippen LogP contribution is 2.28. The van der Waals surface area contributed by atoms with Crippen molar-refractivity contribution in [3.8, 4) is 23.3 Å². The third-order valence-electron chi connectivity index (χ3n) is 6.36. The van der Waals surface area contributed by atoms with Crippen LogP contribution >= 0.6 is 0 Å². The van der Waals surface area contributed by atoms with Crippen molar-refractivity contribution in [1.29, 1.82) is 0 Å². The lowest BCUT2D eigenvalue weighted by atomic mass is 10.1. The van der Waals surface area contributed by atoms with Crippen molar-refractivity contribution in [2.24, 2.45) is 0 Å². The minimum atomic E-state index is -0.349. The first-order valence-corrected chi connectivity index (χ1v) is 12.5. The number of hydrogen-bond acceptors (Lipinski definition) is 7. The number of likely N-dealkylation sites (tertiary alicyclic amines) is 1. The fraction of sp³-hybridized carbons (Fsp3) is 0.241. The molecule has 198 valence electrons. The summed E-state index contributed by atoms with van der Waals surface area (Å²) in [5, 5.41) is 5.29. The van der Waals surface area contributed by atoms with Crippen LogP contribution in [0.1, 0.15) is 30.1 Å². The Kier molecular flexibility index (Phi) is 7.68. The molecule has 0 aliphatic carbocycles. The van der Waals surface area contributed by atoms with Gasteiger partial charge in [0.25, 0.3) is 0 Å². The van der Waals surface area contributed by atoms with Crippen molar-refractivity contribution in [3.05, 3.63) is 84.6 Å². The molecular weight excluding hydrogens is 499 g/mol. The normalized spacial score (nSPS) is 14.9. The monoisotopic (exact) mass is 526 g/mol. The average Bonchev–Trinajstić information content (AvgIpc) is 3.34. The van der Waals surface area contributed by atoms with Crippen LogP contribution in [0.25, 0.3) is 11.0 Å². The van der Waals surface area contributed by atoms with Crippen LogP contribution in [0, 0.1) is 17.7 Å². The van der Waals surface area contributed by atoms with Crippen LogP contribution in [0.15, 0.2) is 67.5 Å². The van der Waals surface area contributed by atoms with E-state index in [4.69, 9.17) is 20.3 Å². The summed E-state index contributed by atoms with van der Waals surface area (Å²) in [5.74, 6) is 6.95. The summed E-state index contributed by atoms with van der Waals surface area (Å²) in [4.78, 5) is 22.5. The second-order valence-corrected chi connectivity index (χ2v) is 9.02. The summed E-state index contributed by atoms with van der Waals surface area (Å²) >= 11 is 0. The van der Waals surface area contributed by atoms with Crippen LogP contribution in [0.5, 0.6) is 11.5 Å². The summed E-state index contributed by atoms with van der Waals surface area (Å²) in [7, 11) is 0. The van der Waals surface area contributed by atoms with Gasteiger partial charge in [-0.15, -0.1) is 0 Å². The van der Waals surface area contributed by atoms with E-state index in [2.05, 4.69) is 28.4 Å². The van der Waals surface area contributed by atoms with Gasteiger partial charge < -0.3 is 20.1 Å². The van der Waals surface area contributed by atoms with E-state index in [0.29, 0.717) is 41.3 Å². The van der Waals surface area contributed by atoms with E-state index in [0.717, 1.165) is 18.4 Å². The second kappa shape index (κ2) is 11.6. The number of halogens is 1. The van der Waals surface area contributed by atoms with E-state index in [9.17, 15) is 9.18 Å². The molecule has 3 heterocycles. The van der Waals surface area contributed by atoms with Crippen LogP contribution in [-0.4, -0.2) is 50.3 Å². The minimum Gasteiger partial charge on any atom is -0.489 e. The Bertz CT molecular complexity index is 1570. The molecule has 0 radical (unpaired) electrons. The van der Waals surface area contributed by atoms with Crippen molar-refractivity contribution < 1.29 is 18.7 Å². The minimum absolute atomic E-state index is 0.0661. The van der Waals surface area contributed by atoms with Gasteiger partial charge in [0, 0.05) is 19.2 Å². The first-order valence-electron chi connectivity index (χ1n) is 12.5. The number of ether oxygens (including phenoxy) is 2. The van der Waals surface area contributed by atoms with Gasteiger partial charge in [-0.2, -0.15) is 5.10 Å². The first-order chi connectivity index (χ1) is 19.0. The highest BCUT2D eigenvalue weighted by molar-refractivity contribution is 5.90. The van der Waals surface area contributed by atoms with Crippen molar-refractivity contribution in [2.75, 3.05) is 25.4 Å². The maximum atomic E-state index is 13.4. The molecular formula is C29H27FN6O3. The zero-order chi connectivity index (χ0) is 27.2. The number of carbonyl (C=O) groups is 1. The molecule has 1 atom stereocenters. The number of anilines is 1. The van der Waals surface area contributed by atoms with Gasteiger partial charge in [-0.1, -0.05) is 30.7 Å². The summed E-state index contributed by atoms with van der Waals surface area (Å²) in [6, 6.07) is 13.4. The van der Waals surface area contributed by atoms with Crippen molar-refractivity contribution >= 4 is 22.8 Å². The van der Waals surface area contributed by atoms with Crippen molar-refractivity contribution in [2.45, 2.75) is 25.5 Å². The molecule has 1 unspecified atom stereocenters. The van der Waals surface area contributed by atoms with Crippen LogP contribution in [0.3, 0.4) is 0 Å². The summed E-state index contributed by atoms with van der Waals surface area (Å²) in [5.41, 5.74) is 8.08. The maximum Gasteiger partial charge on any atom is 0.246 e. The van der Waals surface area contributed by atoms with Gasteiger partial charge in [0.1, 0.15) is 48.4 Å². The SMILES string of the molecule is C=CC(=O)N1CCCC(n2nc(C#CCOc3cccc(COc4cccc(F)c4)c3)c3c(N)ncnc32)C1. The van der Waals surface area contributed by atoms with Gasteiger partial charge in [0.15, 0.2) is 5.65 Å². The number of nitrogen functional groups attached to an aromatic ring is 1. The molecule has 0 spiro atoms. The largest absolute Gasteiger partial charge is 0.489 e. The molecule has 2 aromatic heterocycles. The molecule has 2 N–H and O–H groups in total. The average molecular weight is 527 g/mol. The molecule has 1 saturated heterocycles. The Morgan fingerprint density at radius 1 is 1.18 bits per heavy atom. The van der Waals surface area contributed by atoms with Gasteiger partial charge >= 0.3 is 0 Å². The molecule has 1 aliphatic rings. The second-order valence-electron chi connectivity index (χ2n) is 9.02. The zero-order valence-corrected chi connectivity index (χ0v) is 21.2. The molecule has 4 aromatic rings. The highest BCUT2D eigenvalue weighted by atomic mass is 19.1. The van der Waals surface area contributed by atoms with Gasteiger partial charge in [-0.25, -0.2) is 19.0 Å². The number of hydrogen-bond donors (Lipinski definition) is 1. The van der Waals surface area contributed by atoms with E-state index in [-0.39, 0.29) is 36.8 Å². The quantitative estimate of drug-likeness (QED) is 0.287. The topological polar surface area (TPSA) is 108 Å². The van der Waals surface area contributed by atoms with E-state index in [1.54, 1.807) is 21.7 Å². The number of benzene rings is 2. The fourth-order valence-corrected chi connectivity index (χ4v) is 4.51. The van der Waals surface area contributed by atoms with Crippen molar-refractivity contribution in [3.63, 3.8) is 0 Å². The number of piperidine rings is 1. The maximum absolute atomic E-state index is 13.4. The molecule has 1 amide bonds. The number of nitrogens with zero attached hydrogens (tertiary/aromatic N) is 5. The number of rotatable bonds is 7. The molecule has 9 nitrogen and oxygen atoms in total. The molecule has 0 saturated carbocycles. The fourth-order valence-electron chi connectivity index (χ4n) is 4.51. The third kappa shape index (κ3) is 5.99. The summed E-state index contributed by atoms with van der Waals surface area (Å²) < 4.78 is 26.6. The summed E-state index contributed by atoms with van der Waals surface area (Å²) in [6.45, 7) is 5.16. The predicted molar refractivity (Wildman–Crippen MR) is 144 cm³/mol. The highest BCUT2D eigenvalue weighted by Gasteiger charge is 2.27. The van der Waals surface area contributed by atoms with E-state index < -0.39 is 0 Å². The van der Waals surface area contributed by atoms with Crippen LogP contribution in [-0.2, 0) is 11.4 Å². The van der Waals surface area contributed by atoms with Gasteiger partial charge in [0.2, 0.25) is 5.91 Å². The molecule has 1 aliphatic heterocycles. The van der Waals surface area contributed by atoms with Gasteiger partial charge in [0.05, 0.1) is 11.4 Å². The van der Waals surface area contributed by atoms with Gasteiger partial charge in [-0.3, -0.25) is 4.79 Å². The van der Waals surface area contributed by atoms with E-state index in [1.807, 2.05) is 24.3 Å². The standard InChI is InChI=1S/C29H27FN6O3/c1-2-26(37)35-13-5-9-22(17-35)36-29-27(28(31)32-19-33-29)25(34-36)12-6-14-38-23-10-3-7-20(15-23)18-39-24-11-4-8-21(30)16-24/h2-4,7-8,10-11,15-16,19,22H,1,5,9,13-14,17-18H2,(H2,31,32,33). The molecule has 10 heteroatoms.